The summed E-state index contributed by atoms with van der Waals surface area (Å²) in [7, 11) is 0. The van der Waals surface area contributed by atoms with Crippen LogP contribution in [0.5, 0.6) is 17.2 Å². The highest BCUT2D eigenvalue weighted by Crippen LogP contribution is 2.48. The second kappa shape index (κ2) is 32.1. The van der Waals surface area contributed by atoms with E-state index in [9.17, 15) is 22.0 Å². The van der Waals surface area contributed by atoms with E-state index in [0.29, 0.717) is 50.5 Å². The number of rotatable bonds is 23. The summed E-state index contributed by atoms with van der Waals surface area (Å²) in [5.74, 6) is -3.88. The third kappa shape index (κ3) is 17.2. The van der Waals surface area contributed by atoms with E-state index in [1.54, 1.807) is 0 Å². The lowest BCUT2D eigenvalue weighted by molar-refractivity contribution is -0.0280. The van der Waals surface area contributed by atoms with Crippen LogP contribution >= 0.6 is 11.6 Å². The molecule has 6 atom stereocenters. The molecule has 0 amide bonds. The first-order valence-electron chi connectivity index (χ1n) is 37.9. The van der Waals surface area contributed by atoms with Gasteiger partial charge in [-0.25, -0.2) is 48.3 Å². The van der Waals surface area contributed by atoms with Crippen molar-refractivity contribution in [2.45, 2.75) is 173 Å². The average Bonchev–Trinajstić information content (AvgIpc) is 1.44. The molecule has 6 aromatic carbocycles. The fourth-order valence-corrected chi connectivity index (χ4v) is 17.1. The smallest absolute Gasteiger partial charge is 0.243 e. The number of nitrogens with one attached hydrogen (secondary N) is 3. The van der Waals surface area contributed by atoms with Crippen LogP contribution in [0, 0.1) is 40.8 Å². The van der Waals surface area contributed by atoms with Gasteiger partial charge >= 0.3 is 0 Å². The molecule has 0 spiro atoms. The normalized spacial score (nSPS) is 21.6. The maximum Gasteiger partial charge on any atom is 0.243 e. The maximum atomic E-state index is 15.7. The Morgan fingerprint density at radius 1 is 0.454 bits per heavy atom. The summed E-state index contributed by atoms with van der Waals surface area (Å²) in [5, 5.41) is 3.07. The topological polar surface area (TPSA) is 94.5 Å². The molecule has 0 saturated carbocycles. The number of aromatic amines is 3. The number of hydrogen-bond donors (Lipinski definition) is 3. The molecule has 6 aliphatic heterocycles. The Labute approximate surface area is 630 Å². The molecule has 0 aliphatic carbocycles. The van der Waals surface area contributed by atoms with Crippen molar-refractivity contribution in [1.29, 1.82) is 0 Å². The van der Waals surface area contributed by atoms with Crippen molar-refractivity contribution in [3.05, 3.63) is 195 Å². The SMILES string of the molecule is CCCN1CC(Oc2cc(F)c([C@@H]3c4[nH]c5ccccc5c4C[C@@H](C)N3CC(C)(C)F)c(F)c2)C1.C[C@@H]1Cc2c([nH]c3ccccc23)[C@@H](c2c(F)cc(OC3CN(CCCCl)C3)cc2F)N1CC(C)(C)F.C[C@@H]1Cc2c([nH]c3ccccc23)[C@@H](c2c(F)cc(OCCN3CC(C(F)F)C3)cc2F)N1CC(C)(C)F. The highest BCUT2D eigenvalue weighted by atomic mass is 35.5. The fourth-order valence-electron chi connectivity index (χ4n) is 17.0. The van der Waals surface area contributed by atoms with Gasteiger partial charge in [0.05, 0.1) is 18.1 Å². The third-order valence-electron chi connectivity index (χ3n) is 21.8. The van der Waals surface area contributed by atoms with Crippen LogP contribution < -0.4 is 14.2 Å². The molecular formula is C84H99ClF11N9O3. The second-order valence-corrected chi connectivity index (χ2v) is 32.8. The average molecular weight is 1530 g/mol. The first kappa shape index (κ1) is 78.7. The first-order chi connectivity index (χ1) is 51.3. The van der Waals surface area contributed by atoms with Crippen LogP contribution in [-0.2, 0) is 19.3 Å². The van der Waals surface area contributed by atoms with E-state index in [2.05, 4.69) is 31.7 Å². The Hall–Kier alpha value is -7.38. The van der Waals surface area contributed by atoms with Gasteiger partial charge in [-0.3, -0.25) is 29.4 Å². The Balaban J connectivity index is 0.000000143. The molecule has 108 heavy (non-hydrogen) atoms. The van der Waals surface area contributed by atoms with Crippen LogP contribution in [0.25, 0.3) is 32.7 Å². The van der Waals surface area contributed by atoms with Crippen LogP contribution in [-0.4, -0.2) is 189 Å². The van der Waals surface area contributed by atoms with Gasteiger partial charge in [-0.2, -0.15) is 0 Å². The van der Waals surface area contributed by atoms with Crippen molar-refractivity contribution in [3.63, 3.8) is 0 Å². The summed E-state index contributed by atoms with van der Waals surface area (Å²) in [6.45, 7) is 23.0. The van der Waals surface area contributed by atoms with E-state index in [1.165, 1.54) is 65.8 Å². The van der Waals surface area contributed by atoms with E-state index in [4.69, 9.17) is 25.8 Å². The predicted octanol–water partition coefficient (Wildman–Crippen LogP) is 18.3. The largest absolute Gasteiger partial charge is 0.492 e. The Bertz CT molecular complexity index is 4560. The molecule has 9 aromatic rings. The zero-order valence-corrected chi connectivity index (χ0v) is 63.8. The fraction of sp³-hybridized carbons (Fsp3) is 0.500. The number of fused-ring (bicyclic) bond motifs is 9. The number of ether oxygens (including phenoxy) is 3. The Morgan fingerprint density at radius 2 is 0.769 bits per heavy atom. The molecule has 12 nitrogen and oxygen atoms in total. The number of benzene rings is 6. The van der Waals surface area contributed by atoms with Crippen molar-refractivity contribution in [2.24, 2.45) is 5.92 Å². The van der Waals surface area contributed by atoms with Gasteiger partial charge in [-0.1, -0.05) is 61.5 Å². The molecule has 3 saturated heterocycles. The van der Waals surface area contributed by atoms with E-state index in [1.807, 2.05) is 113 Å². The lowest BCUT2D eigenvalue weighted by atomic mass is 9.87. The molecule has 24 heteroatoms. The molecule has 15 rings (SSSR count). The zero-order chi connectivity index (χ0) is 77.0. The van der Waals surface area contributed by atoms with E-state index in [0.717, 1.165) is 112 Å². The number of para-hydroxylation sites is 3. The molecule has 582 valence electrons. The van der Waals surface area contributed by atoms with Crippen molar-refractivity contribution in [2.75, 3.05) is 91.0 Å². The summed E-state index contributed by atoms with van der Waals surface area (Å²) < 4.78 is 181. The number of aromatic nitrogens is 3. The Morgan fingerprint density at radius 3 is 1.08 bits per heavy atom. The number of hydrogen-bond acceptors (Lipinski definition) is 9. The lowest BCUT2D eigenvalue weighted by Crippen LogP contribution is -2.53. The predicted molar refractivity (Wildman–Crippen MR) is 403 cm³/mol. The van der Waals surface area contributed by atoms with E-state index in [-0.39, 0.29) is 104 Å². The number of H-pyrrole nitrogens is 3. The van der Waals surface area contributed by atoms with Crippen LogP contribution in [0.1, 0.15) is 151 Å². The first-order valence-corrected chi connectivity index (χ1v) is 38.4. The standard InChI is InChI=1S/C28H33ClF3N3O.C28H32F5N3O.C28H34F3N3O/c1-17-11-21-20-7-4-5-8-24(20)33-26(21)27(35(17)16-28(2,3)32)25-22(30)12-18(13-23(25)31)36-19-14-34(15-19)10-6-9-29;1-16-10-20-19-6-4-5-7-23(19)34-25(20)26(36(16)15-28(2,3)33)24-21(29)11-18(12-22(24)30)37-9-8-35-13-17(14-35)27(31)32;1-5-10-33-14-19(15-33)35-18-12-22(29)25(23(30)13-18)27-26-21(20-8-6-7-9-24(20)32-26)11-17(2)34(27)16-28(3,4)31/h4-5,7-8,12-13,17,19,27,33H,6,9-11,14-16H2,1-3H3;4-7,11-12,16-17,26-27,34H,8-10,13-15H2,1-3H3;6-9,12-13,17,19,27,32H,5,10-11,14-16H2,1-4H3/t17-,27-;16-,26-;17-,27-/m111/s1. The number of halogens is 12. The van der Waals surface area contributed by atoms with Crippen LogP contribution in [0.2, 0.25) is 0 Å². The van der Waals surface area contributed by atoms with Gasteiger partial charge in [0.2, 0.25) is 6.43 Å². The molecule has 0 unspecified atom stereocenters. The molecule has 0 bridgehead atoms. The number of nitrogens with zero attached hydrogens (tertiary/aromatic N) is 6. The highest BCUT2D eigenvalue weighted by molar-refractivity contribution is 6.17. The van der Waals surface area contributed by atoms with Crippen molar-refractivity contribution in [1.82, 2.24) is 44.4 Å². The summed E-state index contributed by atoms with van der Waals surface area (Å²) in [6.07, 6.45) is 1.41. The second-order valence-electron chi connectivity index (χ2n) is 32.4. The molecule has 9 heterocycles. The van der Waals surface area contributed by atoms with E-state index < -0.39 is 82.4 Å². The molecule has 0 radical (unpaired) electrons. The van der Waals surface area contributed by atoms with Gasteiger partial charge in [-0.05, 0) is 142 Å². The van der Waals surface area contributed by atoms with Crippen molar-refractivity contribution < 1.29 is 62.5 Å². The quantitative estimate of drug-likeness (QED) is 0.0428. The minimum Gasteiger partial charge on any atom is -0.492 e. The van der Waals surface area contributed by atoms with Crippen molar-refractivity contribution in [3.8, 4) is 17.2 Å². The number of alkyl halides is 6. The third-order valence-corrected chi connectivity index (χ3v) is 22.1. The zero-order valence-electron chi connectivity index (χ0n) is 63.0. The highest BCUT2D eigenvalue weighted by Gasteiger charge is 2.46. The molecule has 6 aliphatic rings. The lowest BCUT2D eigenvalue weighted by Gasteiger charge is -2.43. The summed E-state index contributed by atoms with van der Waals surface area (Å²) in [6, 6.07) is 28.1. The van der Waals surface area contributed by atoms with Gasteiger partial charge in [0.15, 0.2) is 0 Å². The summed E-state index contributed by atoms with van der Waals surface area (Å²) in [5.41, 5.74) is 2.92. The van der Waals surface area contributed by atoms with E-state index >= 15 is 26.3 Å². The van der Waals surface area contributed by atoms with Gasteiger partial charge in [0.1, 0.15) is 88.0 Å². The molecule has 3 aromatic heterocycles. The molecule has 3 N–H and O–H groups in total. The van der Waals surface area contributed by atoms with Gasteiger partial charge in [0.25, 0.3) is 0 Å². The van der Waals surface area contributed by atoms with Gasteiger partial charge in [0, 0.05) is 198 Å². The summed E-state index contributed by atoms with van der Waals surface area (Å²) in [4.78, 5) is 22.0. The maximum absolute atomic E-state index is 15.7. The molecular weight excluding hydrogens is 1430 g/mol. The monoisotopic (exact) mass is 1530 g/mol. The Kier molecular flexibility index (Phi) is 23.4. The van der Waals surface area contributed by atoms with Crippen LogP contribution in [0.4, 0.5) is 48.3 Å². The molecule has 3 fully saturated rings. The minimum atomic E-state index is -2.34. The van der Waals surface area contributed by atoms with Crippen LogP contribution in [0.15, 0.2) is 109 Å². The van der Waals surface area contributed by atoms with Crippen molar-refractivity contribution >= 4 is 44.3 Å². The number of likely N-dealkylation sites (tertiary alicyclic amines) is 3. The minimum absolute atomic E-state index is 0.000214. The van der Waals surface area contributed by atoms with Crippen LogP contribution in [0.3, 0.4) is 0 Å². The summed E-state index contributed by atoms with van der Waals surface area (Å²) >= 11 is 5.75. The van der Waals surface area contributed by atoms with Gasteiger partial charge in [-0.15, -0.1) is 11.6 Å². The van der Waals surface area contributed by atoms with Gasteiger partial charge < -0.3 is 29.2 Å².